The van der Waals surface area contributed by atoms with Crippen molar-refractivity contribution in [3.8, 4) is 5.75 Å². The van der Waals surface area contributed by atoms with Gasteiger partial charge in [0.25, 0.3) is 0 Å². The first-order valence-corrected chi connectivity index (χ1v) is 12.3. The Labute approximate surface area is 205 Å². The van der Waals surface area contributed by atoms with Gasteiger partial charge >= 0.3 is 0 Å². The fourth-order valence-electron chi connectivity index (χ4n) is 5.37. The Morgan fingerprint density at radius 2 is 1.85 bits per heavy atom. The average molecular weight is 464 g/mol. The van der Waals surface area contributed by atoms with Crippen LogP contribution < -0.4 is 4.74 Å². The van der Waals surface area contributed by atoms with E-state index in [2.05, 4.69) is 85.8 Å². The zero-order valence-electron chi connectivity index (χ0n) is 19.1. The van der Waals surface area contributed by atoms with E-state index in [0.29, 0.717) is 11.8 Å². The molecule has 0 radical (unpaired) electrons. The van der Waals surface area contributed by atoms with Gasteiger partial charge in [-0.2, -0.15) is 0 Å². The van der Waals surface area contributed by atoms with E-state index < -0.39 is 5.60 Å². The summed E-state index contributed by atoms with van der Waals surface area (Å²) in [5.74, 6) is 1.52. The van der Waals surface area contributed by atoms with Crippen LogP contribution in [-0.4, -0.2) is 4.98 Å². The highest BCUT2D eigenvalue weighted by atomic mass is 35.5. The van der Waals surface area contributed by atoms with Crippen molar-refractivity contribution in [1.29, 1.82) is 0 Å². The molecule has 0 spiro atoms. The first-order valence-electron chi connectivity index (χ1n) is 11.9. The molecule has 2 nitrogen and oxygen atoms in total. The molecule has 3 unspecified atom stereocenters. The summed E-state index contributed by atoms with van der Waals surface area (Å²) in [6.45, 7) is 2.11. The fourth-order valence-corrected chi connectivity index (χ4v) is 5.55. The smallest absolute Gasteiger partial charge is 0.150 e. The van der Waals surface area contributed by atoms with Crippen molar-refractivity contribution in [2.45, 2.75) is 37.2 Å². The molecule has 0 bridgehead atoms. The molecule has 34 heavy (non-hydrogen) atoms. The molecule has 0 saturated carbocycles. The molecule has 3 aromatic carbocycles. The largest absolute Gasteiger partial charge is 0.478 e. The highest BCUT2D eigenvalue weighted by Crippen LogP contribution is 2.43. The zero-order chi connectivity index (χ0) is 23.1. The molecule has 4 aromatic rings. The van der Waals surface area contributed by atoms with Gasteiger partial charge in [-0.25, -0.2) is 0 Å². The molecule has 1 aliphatic heterocycles. The lowest BCUT2D eigenvalue weighted by molar-refractivity contribution is 0.138. The summed E-state index contributed by atoms with van der Waals surface area (Å²) in [5, 5.41) is 3.24. The van der Waals surface area contributed by atoms with Gasteiger partial charge in [0.2, 0.25) is 0 Å². The fraction of sp³-hybridized carbons (Fsp3) is 0.194. The van der Waals surface area contributed by atoms with Crippen molar-refractivity contribution in [3.05, 3.63) is 125 Å². The van der Waals surface area contributed by atoms with Crippen LogP contribution in [0.1, 0.15) is 54.0 Å². The summed E-state index contributed by atoms with van der Waals surface area (Å²) in [5.41, 5.74) is 4.15. The molecule has 0 saturated heterocycles. The Bertz CT molecular complexity index is 1420. The maximum Gasteiger partial charge on any atom is 0.150 e. The molecule has 2 heterocycles. The number of hydrogen-bond donors (Lipinski definition) is 0. The number of aromatic nitrogens is 1. The van der Waals surface area contributed by atoms with Crippen LogP contribution in [0.15, 0.2) is 97.2 Å². The lowest BCUT2D eigenvalue weighted by atomic mass is 9.76. The third-order valence-corrected chi connectivity index (χ3v) is 7.46. The minimum atomic E-state index is -0.516. The molecule has 168 valence electrons. The Balaban J connectivity index is 1.32. The molecule has 1 aromatic heterocycles. The summed E-state index contributed by atoms with van der Waals surface area (Å²) in [4.78, 5) is 4.86. The van der Waals surface area contributed by atoms with E-state index in [-0.39, 0.29) is 0 Å². The van der Waals surface area contributed by atoms with Crippen LogP contribution in [0.2, 0.25) is 5.02 Å². The highest BCUT2D eigenvalue weighted by molar-refractivity contribution is 6.30. The summed E-state index contributed by atoms with van der Waals surface area (Å²) < 4.78 is 6.42. The number of ether oxygens (including phenoxy) is 1. The Kier molecular flexibility index (Phi) is 5.27. The van der Waals surface area contributed by atoms with Gasteiger partial charge in [-0.1, -0.05) is 78.4 Å². The predicted molar refractivity (Wildman–Crippen MR) is 141 cm³/mol. The molecule has 0 amide bonds. The quantitative estimate of drug-likeness (QED) is 0.284. The van der Waals surface area contributed by atoms with Gasteiger partial charge in [-0.05, 0) is 66.6 Å². The van der Waals surface area contributed by atoms with Gasteiger partial charge in [0.1, 0.15) is 11.4 Å². The van der Waals surface area contributed by atoms with Gasteiger partial charge < -0.3 is 4.74 Å². The molecule has 2 aliphatic rings. The second-order valence-corrected chi connectivity index (χ2v) is 9.84. The van der Waals surface area contributed by atoms with E-state index in [1.807, 2.05) is 24.4 Å². The van der Waals surface area contributed by atoms with Gasteiger partial charge in [0.05, 0.1) is 5.69 Å². The van der Waals surface area contributed by atoms with E-state index in [1.54, 1.807) is 0 Å². The van der Waals surface area contributed by atoms with Crippen LogP contribution in [0.5, 0.6) is 5.75 Å². The van der Waals surface area contributed by atoms with Crippen LogP contribution in [0.4, 0.5) is 0 Å². The Morgan fingerprint density at radius 1 is 1.00 bits per heavy atom. The summed E-state index contributed by atoms with van der Waals surface area (Å²) in [6.07, 6.45) is 13.0. The molecule has 0 N–H and O–H groups in total. The minimum Gasteiger partial charge on any atom is -0.478 e. The average Bonchev–Trinajstić information content (AvgIpc) is 2.89. The topological polar surface area (TPSA) is 22.1 Å². The molecule has 3 heteroatoms. The second-order valence-electron chi connectivity index (χ2n) is 9.40. The summed E-state index contributed by atoms with van der Waals surface area (Å²) in [6, 6.07) is 25.4. The van der Waals surface area contributed by atoms with Crippen LogP contribution in [0, 0.1) is 0 Å². The van der Waals surface area contributed by atoms with E-state index >= 15 is 0 Å². The third-order valence-electron chi connectivity index (χ3n) is 7.22. The minimum absolute atomic E-state index is 0.305. The van der Waals surface area contributed by atoms with E-state index in [1.165, 1.54) is 22.0 Å². The monoisotopic (exact) mass is 463 g/mol. The highest BCUT2D eigenvalue weighted by Gasteiger charge is 2.31. The molecular weight excluding hydrogens is 438 g/mol. The van der Waals surface area contributed by atoms with Crippen molar-refractivity contribution in [2.24, 2.45) is 0 Å². The zero-order valence-corrected chi connectivity index (χ0v) is 19.9. The van der Waals surface area contributed by atoms with E-state index in [0.717, 1.165) is 34.7 Å². The molecule has 1 aliphatic carbocycles. The maximum absolute atomic E-state index is 6.42. The van der Waals surface area contributed by atoms with Crippen LogP contribution in [-0.2, 0) is 5.60 Å². The third kappa shape index (κ3) is 3.73. The first-order chi connectivity index (χ1) is 16.6. The van der Waals surface area contributed by atoms with Crippen LogP contribution in [0.3, 0.4) is 0 Å². The van der Waals surface area contributed by atoms with Crippen LogP contribution in [0.25, 0.3) is 16.8 Å². The van der Waals surface area contributed by atoms with E-state index in [4.69, 9.17) is 21.3 Å². The second kappa shape index (κ2) is 8.45. The SMILES string of the molecule is CC1(c2ccc(C3C=CCCC3c3nccc4ccccc34)cc2)C=Cc2cc(Cl)ccc2O1. The van der Waals surface area contributed by atoms with Crippen molar-refractivity contribution >= 4 is 28.4 Å². The van der Waals surface area contributed by atoms with Crippen molar-refractivity contribution < 1.29 is 4.74 Å². The number of pyridine rings is 1. The van der Waals surface area contributed by atoms with Gasteiger partial charge in [-0.3, -0.25) is 4.98 Å². The Morgan fingerprint density at radius 3 is 2.74 bits per heavy atom. The molecule has 3 atom stereocenters. The first kappa shape index (κ1) is 21.2. The molecule has 0 fully saturated rings. The van der Waals surface area contributed by atoms with E-state index in [9.17, 15) is 0 Å². The van der Waals surface area contributed by atoms with Crippen molar-refractivity contribution in [3.63, 3.8) is 0 Å². The number of fused-ring (bicyclic) bond motifs is 2. The Hall–Kier alpha value is -3.36. The molecular formula is C31H26ClNO. The van der Waals surface area contributed by atoms with Gasteiger partial charge in [-0.15, -0.1) is 0 Å². The predicted octanol–water partition coefficient (Wildman–Crippen LogP) is 8.43. The number of allylic oxidation sites excluding steroid dienone is 2. The normalized spacial score (nSPS) is 23.5. The summed E-state index contributed by atoms with van der Waals surface area (Å²) in [7, 11) is 0. The maximum atomic E-state index is 6.42. The number of nitrogens with zero attached hydrogens (tertiary/aromatic N) is 1. The lowest BCUT2D eigenvalue weighted by Crippen LogP contribution is -2.29. The van der Waals surface area contributed by atoms with Crippen LogP contribution >= 0.6 is 11.6 Å². The number of hydrogen-bond acceptors (Lipinski definition) is 2. The number of rotatable bonds is 3. The molecule has 6 rings (SSSR count). The standard InChI is InChI=1S/C31H26ClNO/c1-31(18-16-23-20-25(32)14-15-29(23)34-31)24-12-10-22(11-13-24)26-7-4-5-9-28(26)30-27-8-3-2-6-21(27)17-19-33-30/h2-4,6-8,10-20,26,28H,5,9H2,1H3. The lowest BCUT2D eigenvalue weighted by Gasteiger charge is -2.33. The van der Waals surface area contributed by atoms with Gasteiger partial charge in [0.15, 0.2) is 0 Å². The van der Waals surface area contributed by atoms with Gasteiger partial charge in [0, 0.05) is 34.0 Å². The number of halogens is 1. The summed E-state index contributed by atoms with van der Waals surface area (Å²) >= 11 is 6.14. The number of benzene rings is 3. The van der Waals surface area contributed by atoms with Crippen molar-refractivity contribution in [1.82, 2.24) is 4.98 Å². The van der Waals surface area contributed by atoms with Crippen molar-refractivity contribution in [2.75, 3.05) is 0 Å².